The van der Waals surface area contributed by atoms with Crippen LogP contribution in [0.1, 0.15) is 32.8 Å². The number of halogens is 2. The molecule has 0 unspecified atom stereocenters. The van der Waals surface area contributed by atoms with Crippen LogP contribution < -0.4 is 9.62 Å². The molecule has 1 atom stereocenters. The number of anilines is 1. The zero-order valence-electron chi connectivity index (χ0n) is 22.2. The monoisotopic (exact) mass is 589 g/mol. The fraction of sp³-hybridized carbons (Fsp3) is 0.310. The van der Waals surface area contributed by atoms with Crippen molar-refractivity contribution in [3.05, 3.63) is 94.5 Å². The molecule has 0 aromatic heterocycles. The molecule has 39 heavy (non-hydrogen) atoms. The Morgan fingerprint density at radius 1 is 0.897 bits per heavy atom. The summed E-state index contributed by atoms with van der Waals surface area (Å²) in [6.07, 6.45) is 0.327. The summed E-state index contributed by atoms with van der Waals surface area (Å²) in [5.74, 6) is -0.622. The molecule has 1 N–H and O–H groups in total. The zero-order chi connectivity index (χ0) is 28.6. The molecule has 0 heterocycles. The number of amides is 2. The number of rotatable bonds is 12. The smallest absolute Gasteiger partial charge is 0.264 e. The average Bonchev–Trinajstić information content (AvgIpc) is 2.93. The van der Waals surface area contributed by atoms with E-state index in [1.165, 1.54) is 17.0 Å². The van der Waals surface area contributed by atoms with Crippen LogP contribution >= 0.6 is 23.2 Å². The molecule has 10 heteroatoms. The van der Waals surface area contributed by atoms with Crippen LogP contribution in [0.4, 0.5) is 5.69 Å². The van der Waals surface area contributed by atoms with Gasteiger partial charge in [0.25, 0.3) is 10.0 Å². The summed E-state index contributed by atoms with van der Waals surface area (Å²) in [4.78, 5) is 28.7. The Morgan fingerprint density at radius 2 is 1.51 bits per heavy atom. The second-order valence-corrected chi connectivity index (χ2v) is 12.2. The topological polar surface area (TPSA) is 86.8 Å². The fourth-order valence-electron chi connectivity index (χ4n) is 4.02. The van der Waals surface area contributed by atoms with Crippen molar-refractivity contribution in [3.63, 3.8) is 0 Å². The van der Waals surface area contributed by atoms with Gasteiger partial charge in [0, 0.05) is 13.1 Å². The number of benzene rings is 3. The summed E-state index contributed by atoms with van der Waals surface area (Å²) in [7, 11) is -4.10. The van der Waals surface area contributed by atoms with Crippen LogP contribution in [-0.4, -0.2) is 44.3 Å². The van der Waals surface area contributed by atoms with Crippen LogP contribution in [0.25, 0.3) is 0 Å². The molecular formula is C29H33Cl2N3O4S. The summed E-state index contributed by atoms with van der Waals surface area (Å²) in [6, 6.07) is 20.5. The van der Waals surface area contributed by atoms with E-state index in [2.05, 4.69) is 5.32 Å². The molecule has 0 saturated carbocycles. The van der Waals surface area contributed by atoms with Crippen molar-refractivity contribution < 1.29 is 18.0 Å². The second kappa shape index (κ2) is 13.8. The number of nitrogens with zero attached hydrogens (tertiary/aromatic N) is 2. The van der Waals surface area contributed by atoms with Gasteiger partial charge in [-0.1, -0.05) is 86.4 Å². The largest absolute Gasteiger partial charge is 0.354 e. The quantitative estimate of drug-likeness (QED) is 0.290. The van der Waals surface area contributed by atoms with Gasteiger partial charge in [-0.15, -0.1) is 0 Å². The van der Waals surface area contributed by atoms with Crippen LogP contribution in [0.2, 0.25) is 10.0 Å². The Morgan fingerprint density at radius 3 is 2.08 bits per heavy atom. The van der Waals surface area contributed by atoms with E-state index < -0.39 is 28.5 Å². The van der Waals surface area contributed by atoms with E-state index in [-0.39, 0.29) is 23.3 Å². The Hall–Kier alpha value is -3.07. The third-order valence-electron chi connectivity index (χ3n) is 6.06. The maximum Gasteiger partial charge on any atom is 0.264 e. The zero-order valence-corrected chi connectivity index (χ0v) is 24.5. The lowest BCUT2D eigenvalue weighted by Crippen LogP contribution is -2.52. The van der Waals surface area contributed by atoms with Gasteiger partial charge in [-0.05, 0) is 54.3 Å². The number of carbonyl (C=O) groups excluding carboxylic acids is 2. The molecule has 0 fully saturated rings. The Kier molecular flexibility index (Phi) is 10.8. The predicted molar refractivity (Wildman–Crippen MR) is 156 cm³/mol. The van der Waals surface area contributed by atoms with Crippen LogP contribution in [0, 0.1) is 5.92 Å². The van der Waals surface area contributed by atoms with E-state index in [1.54, 1.807) is 66.7 Å². The van der Waals surface area contributed by atoms with Crippen molar-refractivity contribution in [1.29, 1.82) is 0 Å². The van der Waals surface area contributed by atoms with E-state index in [1.807, 2.05) is 20.8 Å². The molecule has 7 nitrogen and oxygen atoms in total. The highest BCUT2D eigenvalue weighted by Crippen LogP contribution is 2.26. The second-order valence-electron chi connectivity index (χ2n) is 9.49. The highest BCUT2D eigenvalue weighted by atomic mass is 35.5. The minimum atomic E-state index is -4.10. The maximum absolute atomic E-state index is 14.0. The van der Waals surface area contributed by atoms with Crippen molar-refractivity contribution in [2.45, 2.75) is 44.7 Å². The summed E-state index contributed by atoms with van der Waals surface area (Å²) in [5.41, 5.74) is 0.992. The van der Waals surface area contributed by atoms with Gasteiger partial charge >= 0.3 is 0 Å². The van der Waals surface area contributed by atoms with Crippen LogP contribution in [-0.2, 0) is 26.2 Å². The minimum absolute atomic E-state index is 0.0390. The van der Waals surface area contributed by atoms with E-state index in [9.17, 15) is 18.0 Å². The first-order chi connectivity index (χ1) is 18.5. The van der Waals surface area contributed by atoms with Crippen molar-refractivity contribution in [1.82, 2.24) is 10.2 Å². The van der Waals surface area contributed by atoms with E-state index in [4.69, 9.17) is 23.2 Å². The SMILES string of the molecule is CC[C@@H](C(=O)NCC(C)C)N(Cc1ccc(Cl)c(Cl)c1)C(=O)CN(c1ccccc1)S(=O)(=O)c1ccccc1. The van der Waals surface area contributed by atoms with Crippen molar-refractivity contribution in [2.24, 2.45) is 5.92 Å². The number of sulfonamides is 1. The average molecular weight is 591 g/mol. The summed E-state index contributed by atoms with van der Waals surface area (Å²) in [6.45, 7) is 5.75. The van der Waals surface area contributed by atoms with Gasteiger partial charge in [-0.2, -0.15) is 0 Å². The molecule has 0 saturated heterocycles. The molecule has 3 aromatic carbocycles. The highest BCUT2D eigenvalue weighted by molar-refractivity contribution is 7.92. The molecule has 0 aliphatic rings. The Bertz CT molecular complexity index is 1370. The third kappa shape index (κ3) is 7.97. The van der Waals surface area contributed by atoms with Crippen molar-refractivity contribution in [2.75, 3.05) is 17.4 Å². The standard InChI is InChI=1S/C29H33Cl2N3O4S/c1-4-27(29(36)32-18-21(2)3)33(19-22-15-16-25(30)26(31)17-22)28(35)20-34(23-11-7-5-8-12-23)39(37,38)24-13-9-6-10-14-24/h5-17,21,27H,4,18-20H2,1-3H3,(H,32,36)/t27-/m0/s1. The van der Waals surface area contributed by atoms with Gasteiger partial charge in [-0.25, -0.2) is 8.42 Å². The molecule has 0 spiro atoms. The van der Waals surface area contributed by atoms with Crippen molar-refractivity contribution in [3.8, 4) is 0 Å². The molecule has 2 amide bonds. The van der Waals surface area contributed by atoms with Crippen LogP contribution in [0.5, 0.6) is 0 Å². The highest BCUT2D eigenvalue weighted by Gasteiger charge is 2.33. The summed E-state index contributed by atoms with van der Waals surface area (Å²) < 4.78 is 28.5. The van der Waals surface area contributed by atoms with Gasteiger partial charge in [0.1, 0.15) is 12.6 Å². The lowest BCUT2D eigenvalue weighted by molar-refractivity contribution is -0.140. The summed E-state index contributed by atoms with van der Waals surface area (Å²) in [5, 5.41) is 3.59. The number of para-hydroxylation sites is 1. The molecule has 0 radical (unpaired) electrons. The number of carbonyl (C=O) groups is 2. The molecule has 0 aliphatic carbocycles. The lowest BCUT2D eigenvalue weighted by atomic mass is 10.1. The Labute approximate surface area is 240 Å². The number of hydrogen-bond acceptors (Lipinski definition) is 4. The maximum atomic E-state index is 14.0. The van der Waals surface area contributed by atoms with Crippen molar-refractivity contribution >= 4 is 50.7 Å². The van der Waals surface area contributed by atoms with Crippen LogP contribution in [0.15, 0.2) is 83.8 Å². The van der Waals surface area contributed by atoms with Gasteiger partial charge in [0.15, 0.2) is 0 Å². The number of hydrogen-bond donors (Lipinski definition) is 1. The minimum Gasteiger partial charge on any atom is -0.354 e. The van der Waals surface area contributed by atoms with Gasteiger partial charge in [-0.3, -0.25) is 13.9 Å². The lowest BCUT2D eigenvalue weighted by Gasteiger charge is -2.33. The first-order valence-corrected chi connectivity index (χ1v) is 14.9. The molecule has 208 valence electrons. The summed E-state index contributed by atoms with van der Waals surface area (Å²) >= 11 is 12.3. The first-order valence-electron chi connectivity index (χ1n) is 12.7. The molecular weight excluding hydrogens is 557 g/mol. The molecule has 3 aromatic rings. The first kappa shape index (κ1) is 30.5. The third-order valence-corrected chi connectivity index (χ3v) is 8.59. The van der Waals surface area contributed by atoms with Gasteiger partial charge < -0.3 is 10.2 Å². The van der Waals surface area contributed by atoms with E-state index >= 15 is 0 Å². The van der Waals surface area contributed by atoms with E-state index in [0.717, 1.165) is 4.31 Å². The van der Waals surface area contributed by atoms with Gasteiger partial charge in [0.2, 0.25) is 11.8 Å². The number of nitrogens with one attached hydrogen (secondary N) is 1. The molecule has 0 aliphatic heterocycles. The normalized spacial score (nSPS) is 12.2. The van der Waals surface area contributed by atoms with Gasteiger partial charge in [0.05, 0.1) is 20.6 Å². The predicted octanol–water partition coefficient (Wildman–Crippen LogP) is 5.77. The molecule has 3 rings (SSSR count). The Balaban J connectivity index is 2.02. The van der Waals surface area contributed by atoms with E-state index in [0.29, 0.717) is 34.3 Å². The molecule has 0 bridgehead atoms. The fourth-order valence-corrected chi connectivity index (χ4v) is 5.78. The van der Waals surface area contributed by atoms with Crippen LogP contribution in [0.3, 0.4) is 0 Å².